The van der Waals surface area contributed by atoms with E-state index < -0.39 is 0 Å². The number of nitrogens with one attached hydrogen (secondary N) is 2. The van der Waals surface area contributed by atoms with Gasteiger partial charge in [-0.15, -0.1) is 10.2 Å². The van der Waals surface area contributed by atoms with E-state index in [1.807, 2.05) is 31.2 Å². The first-order valence-electron chi connectivity index (χ1n) is 7.81. The number of benzene rings is 2. The van der Waals surface area contributed by atoms with Crippen molar-refractivity contribution >= 4 is 23.2 Å². The molecule has 2 aromatic carbocycles. The number of anilines is 3. The number of rotatable bonds is 5. The number of aromatic nitrogens is 2. The smallest absolute Gasteiger partial charge is 0.229 e. The van der Waals surface area contributed by atoms with E-state index in [1.54, 1.807) is 30.3 Å². The van der Waals surface area contributed by atoms with Gasteiger partial charge in [-0.05, 0) is 36.8 Å². The molecule has 0 aliphatic carbocycles. The topological polar surface area (TPSA) is 66.9 Å². The Morgan fingerprint density at radius 1 is 1.00 bits per heavy atom. The highest BCUT2D eigenvalue weighted by atomic mass is 19.1. The van der Waals surface area contributed by atoms with E-state index in [4.69, 9.17) is 0 Å². The van der Waals surface area contributed by atoms with Crippen LogP contribution in [0.5, 0.6) is 0 Å². The molecule has 0 radical (unpaired) electrons. The summed E-state index contributed by atoms with van der Waals surface area (Å²) in [5, 5.41) is 13.4. The fourth-order valence-electron chi connectivity index (χ4n) is 2.36. The molecule has 1 amide bonds. The molecule has 126 valence electrons. The van der Waals surface area contributed by atoms with Crippen LogP contribution in [-0.2, 0) is 11.2 Å². The summed E-state index contributed by atoms with van der Waals surface area (Å²) in [5.74, 6) is 0.188. The van der Waals surface area contributed by atoms with Crippen LogP contribution >= 0.6 is 0 Å². The zero-order chi connectivity index (χ0) is 17.6. The monoisotopic (exact) mass is 336 g/mol. The van der Waals surface area contributed by atoms with Gasteiger partial charge >= 0.3 is 0 Å². The lowest BCUT2D eigenvalue weighted by Gasteiger charge is -2.07. The third-order valence-electron chi connectivity index (χ3n) is 3.52. The Hall–Kier alpha value is -3.28. The van der Waals surface area contributed by atoms with Crippen LogP contribution in [0.2, 0.25) is 0 Å². The lowest BCUT2D eigenvalue weighted by Crippen LogP contribution is -2.15. The highest BCUT2D eigenvalue weighted by Crippen LogP contribution is 2.18. The molecular weight excluding hydrogens is 319 g/mol. The van der Waals surface area contributed by atoms with E-state index in [1.165, 1.54) is 6.07 Å². The normalized spacial score (nSPS) is 10.3. The second kappa shape index (κ2) is 7.53. The van der Waals surface area contributed by atoms with Gasteiger partial charge < -0.3 is 10.6 Å². The molecule has 0 unspecified atom stereocenters. The average molecular weight is 336 g/mol. The van der Waals surface area contributed by atoms with E-state index in [9.17, 15) is 9.18 Å². The van der Waals surface area contributed by atoms with Gasteiger partial charge in [-0.3, -0.25) is 4.79 Å². The predicted octanol–water partition coefficient (Wildman–Crippen LogP) is 3.85. The fourth-order valence-corrected chi connectivity index (χ4v) is 2.36. The van der Waals surface area contributed by atoms with E-state index in [2.05, 4.69) is 20.8 Å². The summed E-state index contributed by atoms with van der Waals surface area (Å²) in [6.07, 6.45) is 0.262. The molecule has 0 bridgehead atoms. The molecule has 1 heterocycles. The van der Waals surface area contributed by atoms with Gasteiger partial charge in [0.1, 0.15) is 5.82 Å². The van der Waals surface area contributed by atoms with Crippen LogP contribution < -0.4 is 10.6 Å². The van der Waals surface area contributed by atoms with Crippen LogP contribution in [0.4, 0.5) is 21.7 Å². The van der Waals surface area contributed by atoms with Crippen LogP contribution in [0.25, 0.3) is 0 Å². The maximum Gasteiger partial charge on any atom is 0.229 e. The molecule has 0 saturated heterocycles. The summed E-state index contributed by atoms with van der Waals surface area (Å²) < 4.78 is 13.6. The number of aryl methyl sites for hydroxylation is 1. The van der Waals surface area contributed by atoms with Crippen molar-refractivity contribution in [1.82, 2.24) is 10.2 Å². The minimum absolute atomic E-state index is 0.172. The van der Waals surface area contributed by atoms with Crippen molar-refractivity contribution in [2.24, 2.45) is 0 Å². The van der Waals surface area contributed by atoms with Crippen molar-refractivity contribution in [3.63, 3.8) is 0 Å². The van der Waals surface area contributed by atoms with Gasteiger partial charge in [0.25, 0.3) is 0 Å². The third-order valence-corrected chi connectivity index (χ3v) is 3.52. The number of carbonyl (C=O) groups excluding carboxylic acids is 1. The van der Waals surface area contributed by atoms with Gasteiger partial charge in [-0.2, -0.15) is 0 Å². The number of para-hydroxylation sites is 1. The average Bonchev–Trinajstić information content (AvgIpc) is 2.58. The first-order chi connectivity index (χ1) is 12.1. The minimum atomic E-state index is -0.375. The van der Waals surface area contributed by atoms with Gasteiger partial charge in [-0.1, -0.05) is 42.0 Å². The quantitative estimate of drug-likeness (QED) is 0.743. The van der Waals surface area contributed by atoms with Crippen LogP contribution in [-0.4, -0.2) is 16.1 Å². The largest absolute Gasteiger partial charge is 0.336 e. The summed E-state index contributed by atoms with van der Waals surface area (Å²) in [6, 6.07) is 17.3. The Morgan fingerprint density at radius 2 is 1.76 bits per heavy atom. The van der Waals surface area contributed by atoms with Crippen LogP contribution in [0.15, 0.2) is 60.7 Å². The van der Waals surface area contributed by atoms with Crippen molar-refractivity contribution in [2.45, 2.75) is 13.3 Å². The molecule has 0 aliphatic heterocycles. The molecule has 1 aromatic heterocycles. The standard InChI is InChI=1S/C19H17FN4O/c1-13-5-4-6-14(11-13)12-19(25)22-18-10-9-17(23-24-18)21-16-8-3-2-7-15(16)20/h2-11H,12H2,1H3,(H,21,23)(H,22,24,25). The first-order valence-corrected chi connectivity index (χ1v) is 7.81. The van der Waals surface area contributed by atoms with Crippen molar-refractivity contribution < 1.29 is 9.18 Å². The van der Waals surface area contributed by atoms with Crippen molar-refractivity contribution in [3.8, 4) is 0 Å². The highest BCUT2D eigenvalue weighted by Gasteiger charge is 2.07. The van der Waals surface area contributed by atoms with Crippen LogP contribution in [0, 0.1) is 12.7 Å². The lowest BCUT2D eigenvalue weighted by molar-refractivity contribution is -0.115. The summed E-state index contributed by atoms with van der Waals surface area (Å²) in [4.78, 5) is 12.1. The van der Waals surface area contributed by atoms with Gasteiger partial charge in [0.2, 0.25) is 5.91 Å². The molecule has 5 nitrogen and oxygen atoms in total. The van der Waals surface area contributed by atoms with Crippen molar-refractivity contribution in [1.29, 1.82) is 0 Å². The Labute approximate surface area is 144 Å². The van der Waals surface area contributed by atoms with Crippen LogP contribution in [0.3, 0.4) is 0 Å². The summed E-state index contributed by atoms with van der Waals surface area (Å²) in [5.41, 5.74) is 2.35. The Morgan fingerprint density at radius 3 is 2.48 bits per heavy atom. The summed E-state index contributed by atoms with van der Waals surface area (Å²) >= 11 is 0. The summed E-state index contributed by atoms with van der Waals surface area (Å²) in [7, 11) is 0. The van der Waals surface area contributed by atoms with Gasteiger partial charge in [0.15, 0.2) is 11.6 Å². The minimum Gasteiger partial charge on any atom is -0.336 e. The second-order valence-electron chi connectivity index (χ2n) is 5.62. The predicted molar refractivity (Wildman–Crippen MR) is 95.2 cm³/mol. The lowest BCUT2D eigenvalue weighted by atomic mass is 10.1. The highest BCUT2D eigenvalue weighted by molar-refractivity contribution is 5.91. The number of nitrogens with zero attached hydrogens (tertiary/aromatic N) is 2. The molecular formula is C19H17FN4O. The summed E-state index contributed by atoms with van der Waals surface area (Å²) in [6.45, 7) is 1.98. The molecule has 25 heavy (non-hydrogen) atoms. The Balaban J connectivity index is 1.60. The zero-order valence-corrected chi connectivity index (χ0v) is 13.7. The zero-order valence-electron chi connectivity index (χ0n) is 13.7. The molecule has 0 spiro atoms. The third kappa shape index (κ3) is 4.60. The number of carbonyl (C=O) groups is 1. The SMILES string of the molecule is Cc1cccc(CC(=O)Nc2ccc(Nc3ccccc3F)nn2)c1. The molecule has 0 fully saturated rings. The van der Waals surface area contributed by atoms with E-state index in [0.29, 0.717) is 17.3 Å². The molecule has 3 rings (SSSR count). The van der Waals surface area contributed by atoms with Gasteiger partial charge in [0.05, 0.1) is 12.1 Å². The van der Waals surface area contributed by atoms with Crippen molar-refractivity contribution in [3.05, 3.63) is 77.6 Å². The number of hydrogen-bond donors (Lipinski definition) is 2. The number of hydrogen-bond acceptors (Lipinski definition) is 4. The second-order valence-corrected chi connectivity index (χ2v) is 5.62. The molecule has 0 atom stereocenters. The maximum atomic E-state index is 13.6. The molecule has 2 N–H and O–H groups in total. The first kappa shape index (κ1) is 16.6. The fraction of sp³-hybridized carbons (Fsp3) is 0.105. The maximum absolute atomic E-state index is 13.6. The van der Waals surface area contributed by atoms with Crippen LogP contribution in [0.1, 0.15) is 11.1 Å². The Bertz CT molecular complexity index is 881. The van der Waals surface area contributed by atoms with E-state index >= 15 is 0 Å². The number of halogens is 1. The van der Waals surface area contributed by atoms with E-state index in [0.717, 1.165) is 11.1 Å². The molecule has 0 aliphatic rings. The molecule has 3 aromatic rings. The van der Waals surface area contributed by atoms with E-state index in [-0.39, 0.29) is 18.1 Å². The van der Waals surface area contributed by atoms with Crippen molar-refractivity contribution in [2.75, 3.05) is 10.6 Å². The van der Waals surface area contributed by atoms with Gasteiger partial charge in [0, 0.05) is 0 Å². The molecule has 0 saturated carbocycles. The van der Waals surface area contributed by atoms with Gasteiger partial charge in [-0.25, -0.2) is 4.39 Å². The Kier molecular flexibility index (Phi) is 4.99. The molecule has 6 heteroatoms. The number of amides is 1.